The molecule has 1 aliphatic carbocycles. The van der Waals surface area contributed by atoms with Crippen LogP contribution in [0.2, 0.25) is 0 Å². The molecule has 3 aromatic rings. The summed E-state index contributed by atoms with van der Waals surface area (Å²) in [6, 6.07) is 13.4. The second kappa shape index (κ2) is 11.5. The number of nitrogens with one attached hydrogen (secondary N) is 3. The molecule has 1 heterocycles. The Morgan fingerprint density at radius 3 is 2.48 bits per heavy atom. The highest BCUT2D eigenvalue weighted by Gasteiger charge is 2.09. The predicted molar refractivity (Wildman–Crippen MR) is 127 cm³/mol. The number of amides is 1. The highest BCUT2D eigenvalue weighted by molar-refractivity contribution is 5.97. The van der Waals surface area contributed by atoms with Gasteiger partial charge in [0.15, 0.2) is 0 Å². The number of aryl methyl sites for hydroxylation is 1. The van der Waals surface area contributed by atoms with E-state index in [9.17, 15) is 4.79 Å². The van der Waals surface area contributed by atoms with E-state index in [1.165, 1.54) is 37.7 Å². The maximum Gasteiger partial charge on any atom is 0.251 e. The Bertz CT molecular complexity index is 959. The van der Waals surface area contributed by atoms with Crippen LogP contribution in [-0.4, -0.2) is 34.1 Å². The Labute approximate surface area is 184 Å². The first-order valence-corrected chi connectivity index (χ1v) is 11.3. The number of benzene rings is 2. The van der Waals surface area contributed by atoms with Crippen LogP contribution in [0.5, 0.6) is 0 Å². The summed E-state index contributed by atoms with van der Waals surface area (Å²) in [5.74, 6) is 1.45. The number of aliphatic hydroxyl groups is 1. The fourth-order valence-electron chi connectivity index (χ4n) is 3.75. The van der Waals surface area contributed by atoms with E-state index in [1.54, 1.807) is 18.2 Å². The van der Waals surface area contributed by atoms with Crippen molar-refractivity contribution in [3.05, 3.63) is 53.6 Å². The summed E-state index contributed by atoms with van der Waals surface area (Å²) < 4.78 is 0. The fourth-order valence-corrected chi connectivity index (χ4v) is 3.75. The van der Waals surface area contributed by atoms with E-state index in [1.807, 2.05) is 12.1 Å². The molecule has 0 saturated heterocycles. The first-order valence-electron chi connectivity index (χ1n) is 11.3. The minimum absolute atomic E-state index is 0.0804. The van der Waals surface area contributed by atoms with Gasteiger partial charge in [-0.3, -0.25) is 4.79 Å². The number of H-pyrrole nitrogens is 1. The highest BCUT2D eigenvalue weighted by atomic mass is 16.3. The van der Waals surface area contributed by atoms with Crippen molar-refractivity contribution < 1.29 is 9.90 Å². The van der Waals surface area contributed by atoms with Crippen molar-refractivity contribution in [1.29, 1.82) is 0 Å². The van der Waals surface area contributed by atoms with Gasteiger partial charge in [-0.05, 0) is 48.2 Å². The molecule has 31 heavy (non-hydrogen) atoms. The SMILES string of the molecule is CC1CCCCC1.CCc1ccc(Nc2nc3ccc(C(=O)NCCO)cc3[nH]2)cc1. The van der Waals surface area contributed by atoms with Gasteiger partial charge in [0.1, 0.15) is 0 Å². The number of rotatable bonds is 6. The third kappa shape index (κ3) is 6.82. The second-order valence-electron chi connectivity index (χ2n) is 8.22. The van der Waals surface area contributed by atoms with Crippen LogP contribution in [-0.2, 0) is 6.42 Å². The number of imidazole rings is 1. The van der Waals surface area contributed by atoms with Crippen LogP contribution in [0.15, 0.2) is 42.5 Å². The van der Waals surface area contributed by atoms with Crippen molar-refractivity contribution in [1.82, 2.24) is 15.3 Å². The molecule has 0 spiro atoms. The topological polar surface area (TPSA) is 90.0 Å². The Hall–Kier alpha value is -2.86. The Kier molecular flexibility index (Phi) is 8.47. The zero-order valence-corrected chi connectivity index (χ0v) is 18.6. The largest absolute Gasteiger partial charge is 0.395 e. The minimum atomic E-state index is -0.217. The number of aromatic amines is 1. The summed E-state index contributed by atoms with van der Waals surface area (Å²) in [4.78, 5) is 19.6. The normalized spacial score (nSPS) is 14.0. The zero-order valence-electron chi connectivity index (χ0n) is 18.6. The zero-order chi connectivity index (χ0) is 22.1. The number of fused-ring (bicyclic) bond motifs is 1. The lowest BCUT2D eigenvalue weighted by Gasteiger charge is -2.15. The van der Waals surface area contributed by atoms with Gasteiger partial charge < -0.3 is 20.7 Å². The van der Waals surface area contributed by atoms with Crippen molar-refractivity contribution in [3.8, 4) is 0 Å². The Morgan fingerprint density at radius 2 is 1.87 bits per heavy atom. The number of carbonyl (C=O) groups excluding carboxylic acids is 1. The molecule has 1 aromatic heterocycles. The van der Waals surface area contributed by atoms with Crippen LogP contribution in [0.3, 0.4) is 0 Å². The van der Waals surface area contributed by atoms with Gasteiger partial charge in [-0.2, -0.15) is 0 Å². The number of hydrogen-bond donors (Lipinski definition) is 4. The van der Waals surface area contributed by atoms with Crippen LogP contribution >= 0.6 is 0 Å². The van der Waals surface area contributed by atoms with Crippen LogP contribution in [0.4, 0.5) is 11.6 Å². The van der Waals surface area contributed by atoms with Gasteiger partial charge in [0.05, 0.1) is 17.6 Å². The van der Waals surface area contributed by atoms with E-state index in [4.69, 9.17) is 5.11 Å². The van der Waals surface area contributed by atoms with Crippen molar-refractivity contribution in [2.75, 3.05) is 18.5 Å². The molecule has 2 aromatic carbocycles. The van der Waals surface area contributed by atoms with Crippen LogP contribution in [0, 0.1) is 5.92 Å². The van der Waals surface area contributed by atoms with Gasteiger partial charge in [0, 0.05) is 17.8 Å². The summed E-state index contributed by atoms with van der Waals surface area (Å²) >= 11 is 0. The number of anilines is 2. The molecule has 0 radical (unpaired) electrons. The molecule has 4 rings (SSSR count). The molecule has 166 valence electrons. The number of aromatic nitrogens is 2. The third-order valence-electron chi connectivity index (χ3n) is 5.66. The molecule has 0 bridgehead atoms. The third-order valence-corrected chi connectivity index (χ3v) is 5.66. The Morgan fingerprint density at radius 1 is 1.13 bits per heavy atom. The first-order chi connectivity index (χ1) is 15.1. The standard InChI is InChI=1S/C18H20N4O2.C7H14/c1-2-12-3-6-14(7-4-12)20-18-21-15-8-5-13(11-16(15)22-18)17(24)19-9-10-23;1-7-5-3-2-4-6-7/h3-8,11,23H,2,9-10H2,1H3,(H,19,24)(H2,20,21,22);7H,2-6H2,1H3. The molecule has 1 saturated carbocycles. The molecular formula is C25H34N4O2. The predicted octanol–water partition coefficient (Wildman–Crippen LogP) is 5.18. The number of hydrogen-bond acceptors (Lipinski definition) is 4. The van der Waals surface area contributed by atoms with Gasteiger partial charge in [0.2, 0.25) is 5.95 Å². The van der Waals surface area contributed by atoms with E-state index >= 15 is 0 Å². The molecular weight excluding hydrogens is 388 g/mol. The van der Waals surface area contributed by atoms with Crippen molar-refractivity contribution >= 4 is 28.6 Å². The van der Waals surface area contributed by atoms with E-state index < -0.39 is 0 Å². The van der Waals surface area contributed by atoms with E-state index in [0.717, 1.165) is 29.1 Å². The van der Waals surface area contributed by atoms with E-state index in [-0.39, 0.29) is 19.1 Å². The maximum atomic E-state index is 11.9. The van der Waals surface area contributed by atoms with Gasteiger partial charge in [0.25, 0.3) is 5.91 Å². The Balaban J connectivity index is 0.000000330. The summed E-state index contributed by atoms with van der Waals surface area (Å²) in [6.07, 6.45) is 8.44. The average molecular weight is 423 g/mol. The molecule has 0 aliphatic heterocycles. The van der Waals surface area contributed by atoms with E-state index in [0.29, 0.717) is 11.5 Å². The highest BCUT2D eigenvalue weighted by Crippen LogP contribution is 2.22. The summed E-state index contributed by atoms with van der Waals surface area (Å²) in [7, 11) is 0. The lowest BCUT2D eigenvalue weighted by molar-refractivity contribution is 0.0945. The van der Waals surface area contributed by atoms with Crippen LogP contribution in [0.1, 0.15) is 61.9 Å². The van der Waals surface area contributed by atoms with Gasteiger partial charge in [-0.25, -0.2) is 4.98 Å². The number of nitrogens with zero attached hydrogens (tertiary/aromatic N) is 1. The molecule has 6 heteroatoms. The fraction of sp³-hybridized carbons (Fsp3) is 0.440. The van der Waals surface area contributed by atoms with E-state index in [2.05, 4.69) is 46.6 Å². The molecule has 1 amide bonds. The van der Waals surface area contributed by atoms with Gasteiger partial charge in [-0.1, -0.05) is 58.1 Å². The molecule has 1 fully saturated rings. The van der Waals surface area contributed by atoms with Crippen LogP contribution in [0.25, 0.3) is 11.0 Å². The lowest BCUT2D eigenvalue weighted by atomic mass is 9.91. The number of carbonyl (C=O) groups is 1. The van der Waals surface area contributed by atoms with Crippen molar-refractivity contribution in [3.63, 3.8) is 0 Å². The smallest absolute Gasteiger partial charge is 0.251 e. The molecule has 4 N–H and O–H groups in total. The van der Waals surface area contributed by atoms with Crippen molar-refractivity contribution in [2.24, 2.45) is 5.92 Å². The summed E-state index contributed by atoms with van der Waals surface area (Å²) in [6.45, 7) is 4.64. The summed E-state index contributed by atoms with van der Waals surface area (Å²) in [5.41, 5.74) is 4.31. The quantitative estimate of drug-likeness (QED) is 0.441. The molecule has 6 nitrogen and oxygen atoms in total. The van der Waals surface area contributed by atoms with Gasteiger partial charge in [-0.15, -0.1) is 0 Å². The molecule has 1 aliphatic rings. The minimum Gasteiger partial charge on any atom is -0.395 e. The molecule has 0 atom stereocenters. The average Bonchev–Trinajstić information content (AvgIpc) is 3.20. The monoisotopic (exact) mass is 422 g/mol. The van der Waals surface area contributed by atoms with Crippen LogP contribution < -0.4 is 10.6 Å². The first kappa shape index (κ1) is 22.8. The van der Waals surface area contributed by atoms with Gasteiger partial charge >= 0.3 is 0 Å². The lowest BCUT2D eigenvalue weighted by Crippen LogP contribution is -2.26. The maximum absolute atomic E-state index is 11.9. The molecule has 0 unspecified atom stereocenters. The van der Waals surface area contributed by atoms with Crippen molar-refractivity contribution in [2.45, 2.75) is 52.4 Å². The summed E-state index contributed by atoms with van der Waals surface area (Å²) in [5, 5.41) is 14.6. The number of aliphatic hydroxyl groups excluding tert-OH is 1. The second-order valence-corrected chi connectivity index (χ2v) is 8.22.